The Bertz CT molecular complexity index is 1130. The van der Waals surface area contributed by atoms with Gasteiger partial charge in [0.05, 0.1) is 13.2 Å². The van der Waals surface area contributed by atoms with Crippen LogP contribution in [0.25, 0.3) is 6.08 Å². The van der Waals surface area contributed by atoms with E-state index in [9.17, 15) is 22.0 Å². The first-order chi connectivity index (χ1) is 15.8. The molecule has 1 saturated heterocycles. The van der Waals surface area contributed by atoms with Crippen LogP contribution >= 0.6 is 0 Å². The maximum Gasteiger partial charge on any atom is 0.246 e. The van der Waals surface area contributed by atoms with Gasteiger partial charge in [0.1, 0.15) is 16.5 Å². The Kier molecular flexibility index (Phi) is 8.04. The second-order valence-corrected chi connectivity index (χ2v) is 9.12. The number of rotatable bonds is 8. The molecule has 0 unspecified atom stereocenters. The Balaban J connectivity index is 1.63. The van der Waals surface area contributed by atoms with Crippen molar-refractivity contribution >= 4 is 22.0 Å². The summed E-state index contributed by atoms with van der Waals surface area (Å²) in [7, 11) is -4.12. The van der Waals surface area contributed by atoms with Crippen molar-refractivity contribution in [2.75, 3.05) is 39.4 Å². The number of carbonyl (C=O) groups excluding carboxylic acids is 1. The third-order valence-corrected chi connectivity index (χ3v) is 6.98. The molecule has 1 amide bonds. The van der Waals surface area contributed by atoms with E-state index < -0.39 is 26.6 Å². The Morgan fingerprint density at radius 2 is 1.64 bits per heavy atom. The summed E-state index contributed by atoms with van der Waals surface area (Å²) in [4.78, 5) is 13.5. The molecule has 0 saturated carbocycles. The monoisotopic (exact) mass is 480 g/mol. The first kappa shape index (κ1) is 24.7. The normalized spacial score (nSPS) is 15.1. The molecule has 1 heterocycles. The van der Waals surface area contributed by atoms with Gasteiger partial charge in [-0.25, -0.2) is 17.2 Å². The molecule has 0 radical (unpaired) electrons. The predicted octanol–water partition coefficient (Wildman–Crippen LogP) is 3.31. The van der Waals surface area contributed by atoms with E-state index in [0.717, 1.165) is 22.0 Å². The van der Waals surface area contributed by atoms with Gasteiger partial charge >= 0.3 is 0 Å². The van der Waals surface area contributed by atoms with Crippen LogP contribution in [0.5, 0.6) is 11.5 Å². The second kappa shape index (κ2) is 10.8. The van der Waals surface area contributed by atoms with Gasteiger partial charge in [-0.1, -0.05) is 6.07 Å². The van der Waals surface area contributed by atoms with E-state index in [-0.39, 0.29) is 32.1 Å². The largest absolute Gasteiger partial charge is 0.490 e. The number of benzene rings is 2. The van der Waals surface area contributed by atoms with Crippen LogP contribution in [0.1, 0.15) is 19.4 Å². The molecule has 1 aliphatic heterocycles. The minimum atomic E-state index is -4.12. The third kappa shape index (κ3) is 5.88. The lowest BCUT2D eigenvalue weighted by Crippen LogP contribution is -2.50. The van der Waals surface area contributed by atoms with E-state index in [1.165, 1.54) is 11.0 Å². The lowest BCUT2D eigenvalue weighted by atomic mass is 10.2. The summed E-state index contributed by atoms with van der Waals surface area (Å²) in [6, 6.07) is 7.71. The molecule has 3 rings (SSSR count). The van der Waals surface area contributed by atoms with Crippen molar-refractivity contribution in [3.05, 3.63) is 59.7 Å². The molecule has 0 aromatic heterocycles. The maximum atomic E-state index is 14.0. The van der Waals surface area contributed by atoms with Gasteiger partial charge in [-0.05, 0) is 49.8 Å². The number of carbonyl (C=O) groups is 1. The van der Waals surface area contributed by atoms with Crippen LogP contribution in [0.2, 0.25) is 0 Å². The molecule has 1 fully saturated rings. The predicted molar refractivity (Wildman–Crippen MR) is 120 cm³/mol. The van der Waals surface area contributed by atoms with Crippen LogP contribution in [-0.2, 0) is 14.8 Å². The van der Waals surface area contributed by atoms with Crippen molar-refractivity contribution in [1.29, 1.82) is 0 Å². The summed E-state index contributed by atoms with van der Waals surface area (Å²) in [6.07, 6.45) is 3.06. The van der Waals surface area contributed by atoms with E-state index >= 15 is 0 Å². The quantitative estimate of drug-likeness (QED) is 0.542. The number of piperazine rings is 1. The van der Waals surface area contributed by atoms with Crippen molar-refractivity contribution < 1.29 is 31.5 Å². The average molecular weight is 481 g/mol. The lowest BCUT2D eigenvalue weighted by Gasteiger charge is -2.33. The molecular formula is C23H26F2N2O5S. The zero-order chi connectivity index (χ0) is 24.0. The number of hydrogen-bond donors (Lipinski definition) is 0. The number of sulfonamides is 1. The number of halogens is 2. The molecule has 2 aromatic rings. The van der Waals surface area contributed by atoms with E-state index in [4.69, 9.17) is 9.47 Å². The van der Waals surface area contributed by atoms with Crippen LogP contribution in [0, 0.1) is 11.6 Å². The Hall–Kier alpha value is -2.98. The van der Waals surface area contributed by atoms with Gasteiger partial charge in [0, 0.05) is 38.3 Å². The fourth-order valence-electron chi connectivity index (χ4n) is 3.42. The summed E-state index contributed by atoms with van der Waals surface area (Å²) < 4.78 is 64.7. The highest BCUT2D eigenvalue weighted by Crippen LogP contribution is 2.29. The summed E-state index contributed by atoms with van der Waals surface area (Å²) >= 11 is 0. The Morgan fingerprint density at radius 1 is 0.970 bits per heavy atom. The molecule has 7 nitrogen and oxygen atoms in total. The van der Waals surface area contributed by atoms with Crippen molar-refractivity contribution in [1.82, 2.24) is 9.21 Å². The fraction of sp³-hybridized carbons (Fsp3) is 0.348. The summed E-state index contributed by atoms with van der Waals surface area (Å²) in [6.45, 7) is 5.05. The van der Waals surface area contributed by atoms with Crippen molar-refractivity contribution in [2.45, 2.75) is 18.7 Å². The molecule has 178 valence electrons. The first-order valence-corrected chi connectivity index (χ1v) is 12.0. The highest BCUT2D eigenvalue weighted by Gasteiger charge is 2.31. The molecule has 0 aliphatic carbocycles. The molecule has 0 atom stereocenters. The van der Waals surface area contributed by atoms with Gasteiger partial charge in [0.2, 0.25) is 15.9 Å². The molecule has 33 heavy (non-hydrogen) atoms. The molecule has 10 heteroatoms. The first-order valence-electron chi connectivity index (χ1n) is 10.6. The second-order valence-electron chi connectivity index (χ2n) is 7.21. The average Bonchev–Trinajstić information content (AvgIpc) is 2.79. The van der Waals surface area contributed by atoms with Gasteiger partial charge in [0.25, 0.3) is 0 Å². The van der Waals surface area contributed by atoms with E-state index in [0.29, 0.717) is 30.8 Å². The van der Waals surface area contributed by atoms with Gasteiger partial charge in [-0.2, -0.15) is 4.31 Å². The van der Waals surface area contributed by atoms with E-state index in [1.807, 2.05) is 13.8 Å². The Labute approximate surface area is 192 Å². The SMILES string of the molecule is CCOc1ccc(/C=C/C(=O)N2CCN(S(=O)(=O)c3ccc(F)cc3F)CC2)cc1OCC. The van der Waals surface area contributed by atoms with E-state index in [1.54, 1.807) is 24.3 Å². The van der Waals surface area contributed by atoms with Crippen molar-refractivity contribution in [3.63, 3.8) is 0 Å². The van der Waals surface area contributed by atoms with Gasteiger partial charge in [-0.3, -0.25) is 4.79 Å². The standard InChI is InChI=1S/C23H26F2N2O5S/c1-3-31-20-8-5-17(15-21(20)32-4-2)6-10-23(28)26-11-13-27(14-12-26)33(29,30)22-9-7-18(24)16-19(22)25/h5-10,15-16H,3-4,11-14H2,1-2H3/b10-6+. The smallest absolute Gasteiger partial charge is 0.246 e. The summed E-state index contributed by atoms with van der Waals surface area (Å²) in [5.74, 6) is -1.06. The van der Waals surface area contributed by atoms with Gasteiger partial charge in [-0.15, -0.1) is 0 Å². The fourth-order valence-corrected chi connectivity index (χ4v) is 4.88. The highest BCUT2D eigenvalue weighted by atomic mass is 32.2. The van der Waals surface area contributed by atoms with Crippen LogP contribution in [-0.4, -0.2) is 62.9 Å². The highest BCUT2D eigenvalue weighted by molar-refractivity contribution is 7.89. The molecule has 0 N–H and O–H groups in total. The zero-order valence-corrected chi connectivity index (χ0v) is 19.3. The maximum absolute atomic E-state index is 14.0. The van der Waals surface area contributed by atoms with Crippen LogP contribution < -0.4 is 9.47 Å². The molecular weight excluding hydrogens is 454 g/mol. The number of nitrogens with zero attached hydrogens (tertiary/aromatic N) is 2. The molecule has 2 aromatic carbocycles. The topological polar surface area (TPSA) is 76.2 Å². The molecule has 0 bridgehead atoms. The minimum absolute atomic E-state index is 0.0102. The molecule has 1 aliphatic rings. The van der Waals surface area contributed by atoms with Crippen LogP contribution in [0.4, 0.5) is 8.78 Å². The van der Waals surface area contributed by atoms with E-state index in [2.05, 4.69) is 0 Å². The Morgan fingerprint density at radius 3 is 2.27 bits per heavy atom. The minimum Gasteiger partial charge on any atom is -0.490 e. The van der Waals surface area contributed by atoms with Crippen molar-refractivity contribution in [2.24, 2.45) is 0 Å². The number of ether oxygens (including phenoxy) is 2. The van der Waals surface area contributed by atoms with Crippen LogP contribution in [0.15, 0.2) is 47.4 Å². The summed E-state index contributed by atoms with van der Waals surface area (Å²) in [5, 5.41) is 0. The third-order valence-electron chi connectivity index (χ3n) is 5.05. The number of hydrogen-bond acceptors (Lipinski definition) is 5. The zero-order valence-electron chi connectivity index (χ0n) is 18.5. The van der Waals surface area contributed by atoms with Gasteiger partial charge in [0.15, 0.2) is 11.5 Å². The van der Waals surface area contributed by atoms with Gasteiger partial charge < -0.3 is 14.4 Å². The van der Waals surface area contributed by atoms with Crippen molar-refractivity contribution in [3.8, 4) is 11.5 Å². The molecule has 0 spiro atoms. The van der Waals surface area contributed by atoms with Crippen LogP contribution in [0.3, 0.4) is 0 Å². The summed E-state index contributed by atoms with van der Waals surface area (Å²) in [5.41, 5.74) is 0.753. The lowest BCUT2D eigenvalue weighted by molar-refractivity contribution is -0.127. The number of amides is 1.